The Labute approximate surface area is 205 Å². The van der Waals surface area contributed by atoms with Gasteiger partial charge in [0.2, 0.25) is 0 Å². The summed E-state index contributed by atoms with van der Waals surface area (Å²) in [4.78, 5) is 48.5. The summed E-state index contributed by atoms with van der Waals surface area (Å²) >= 11 is 0.937. The van der Waals surface area contributed by atoms with Gasteiger partial charge in [0.05, 0.1) is 31.0 Å². The third-order valence-electron chi connectivity index (χ3n) is 5.39. The molecule has 9 nitrogen and oxygen atoms in total. The van der Waals surface area contributed by atoms with E-state index >= 15 is 0 Å². The summed E-state index contributed by atoms with van der Waals surface area (Å²) in [5, 5.41) is 11.4. The van der Waals surface area contributed by atoms with E-state index in [-0.39, 0.29) is 21.3 Å². The molecule has 4 rings (SSSR count). The molecule has 3 heterocycles. The van der Waals surface area contributed by atoms with Gasteiger partial charge in [-0.25, -0.2) is 9.78 Å². The van der Waals surface area contributed by atoms with Crippen molar-refractivity contribution in [3.05, 3.63) is 76.1 Å². The molecule has 1 aliphatic heterocycles. The zero-order chi connectivity index (χ0) is 25.1. The van der Waals surface area contributed by atoms with Crippen LogP contribution in [0.25, 0.3) is 5.76 Å². The highest BCUT2D eigenvalue weighted by Crippen LogP contribution is 2.43. The average molecular weight is 494 g/mol. The average Bonchev–Trinajstić information content (AvgIpc) is 3.39. The maximum Gasteiger partial charge on any atom is 0.350 e. The summed E-state index contributed by atoms with van der Waals surface area (Å²) in [6, 6.07) is 9.05. The number of aromatic nitrogens is 2. The second-order valence-electron chi connectivity index (χ2n) is 7.73. The first kappa shape index (κ1) is 24.1. The molecular weight excluding hydrogens is 470 g/mol. The van der Waals surface area contributed by atoms with Crippen LogP contribution in [0, 0.1) is 6.92 Å². The number of ether oxygens (including phenoxy) is 2. The largest absolute Gasteiger partial charge is 0.507 e. The van der Waals surface area contributed by atoms with Crippen LogP contribution in [0.2, 0.25) is 0 Å². The number of Topliss-reactive ketones (excluding diaryl/α,β-unsaturated/α-hetero) is 1. The van der Waals surface area contributed by atoms with Crippen molar-refractivity contribution >= 4 is 39.9 Å². The number of aliphatic hydroxyl groups excluding tert-OH is 1. The molecule has 2 aromatic heterocycles. The molecule has 0 aliphatic carbocycles. The summed E-state index contributed by atoms with van der Waals surface area (Å²) < 4.78 is 10.4. The Kier molecular flexibility index (Phi) is 6.92. The number of carbonyl (C=O) groups is 3. The lowest BCUT2D eigenvalue weighted by Gasteiger charge is -2.22. The van der Waals surface area contributed by atoms with E-state index in [2.05, 4.69) is 9.97 Å². The Balaban J connectivity index is 1.87. The van der Waals surface area contributed by atoms with E-state index in [1.54, 1.807) is 49.5 Å². The first-order valence-corrected chi connectivity index (χ1v) is 11.7. The van der Waals surface area contributed by atoms with Crippen LogP contribution in [0.3, 0.4) is 0 Å². The van der Waals surface area contributed by atoms with Crippen molar-refractivity contribution < 1.29 is 29.0 Å². The highest BCUT2D eigenvalue weighted by atomic mass is 32.1. The van der Waals surface area contributed by atoms with E-state index in [1.807, 2.05) is 6.92 Å². The number of benzene rings is 1. The lowest BCUT2D eigenvalue weighted by atomic mass is 9.96. The lowest BCUT2D eigenvalue weighted by molar-refractivity contribution is -0.132. The second kappa shape index (κ2) is 10.1. The smallest absolute Gasteiger partial charge is 0.350 e. The number of ketones is 1. The Morgan fingerprint density at radius 2 is 2.03 bits per heavy atom. The molecular formula is C25H23N3O6S. The fourth-order valence-electron chi connectivity index (χ4n) is 3.76. The van der Waals surface area contributed by atoms with E-state index in [1.165, 1.54) is 18.2 Å². The number of pyridine rings is 1. The molecule has 10 heteroatoms. The second-order valence-corrected chi connectivity index (χ2v) is 8.71. The maximum atomic E-state index is 13.3. The molecule has 0 spiro atoms. The monoisotopic (exact) mass is 493 g/mol. The van der Waals surface area contributed by atoms with Crippen LogP contribution in [-0.4, -0.2) is 46.5 Å². The molecule has 1 N–H and O–H groups in total. The molecule has 1 atom stereocenters. The molecule has 1 unspecified atom stereocenters. The standard InChI is InChI=1S/C25H23N3O6S/c1-4-11-34-17-9-5-7-15(12-17)20(29)18-19(16-8-6-10-26-13-16)28(23(31)21(18)30)25-27-14(2)22(35-25)24(32)33-3/h5-10,12-13,19,29H,4,11H2,1-3H3. The molecule has 3 aromatic rings. The summed E-state index contributed by atoms with van der Waals surface area (Å²) in [5.41, 5.74) is 1.09. The molecule has 180 valence electrons. The minimum atomic E-state index is -1.00. The van der Waals surface area contributed by atoms with Crippen LogP contribution in [-0.2, 0) is 14.3 Å². The number of hydrogen-bond acceptors (Lipinski definition) is 9. The zero-order valence-electron chi connectivity index (χ0n) is 19.3. The molecule has 1 amide bonds. The normalized spacial score (nSPS) is 17.0. The van der Waals surface area contributed by atoms with E-state index in [0.29, 0.717) is 29.2 Å². The fraction of sp³-hybridized carbons (Fsp3) is 0.240. The molecule has 0 bridgehead atoms. The van der Waals surface area contributed by atoms with E-state index in [9.17, 15) is 19.5 Å². The number of amides is 1. The summed E-state index contributed by atoms with van der Waals surface area (Å²) in [5.74, 6) is -2.15. The van der Waals surface area contributed by atoms with Gasteiger partial charge >= 0.3 is 11.9 Å². The van der Waals surface area contributed by atoms with Crippen molar-refractivity contribution in [3.8, 4) is 5.75 Å². The SMILES string of the molecule is CCCOc1cccc(C(O)=C2C(=O)C(=O)N(c3nc(C)c(C(=O)OC)s3)C2c2cccnc2)c1. The maximum absolute atomic E-state index is 13.3. The molecule has 1 aromatic carbocycles. The molecule has 1 saturated heterocycles. The van der Waals surface area contributed by atoms with Crippen molar-refractivity contribution in [2.75, 3.05) is 18.6 Å². The predicted molar refractivity (Wildman–Crippen MR) is 129 cm³/mol. The highest BCUT2D eigenvalue weighted by molar-refractivity contribution is 7.17. The highest BCUT2D eigenvalue weighted by Gasteiger charge is 2.48. The van der Waals surface area contributed by atoms with E-state index in [0.717, 1.165) is 17.8 Å². The molecule has 35 heavy (non-hydrogen) atoms. The van der Waals surface area contributed by atoms with Crippen molar-refractivity contribution in [2.45, 2.75) is 26.3 Å². The molecule has 0 radical (unpaired) electrons. The van der Waals surface area contributed by atoms with Crippen LogP contribution in [0.4, 0.5) is 5.13 Å². The Morgan fingerprint density at radius 1 is 1.23 bits per heavy atom. The summed E-state index contributed by atoms with van der Waals surface area (Å²) in [6.45, 7) is 4.09. The number of rotatable bonds is 7. The fourth-order valence-corrected chi connectivity index (χ4v) is 4.77. The lowest BCUT2D eigenvalue weighted by Crippen LogP contribution is -2.29. The molecule has 1 aliphatic rings. The van der Waals surface area contributed by atoms with Gasteiger partial charge in [-0.2, -0.15) is 0 Å². The van der Waals surface area contributed by atoms with Gasteiger partial charge in [0.15, 0.2) is 5.13 Å². The Bertz CT molecular complexity index is 1320. The van der Waals surface area contributed by atoms with Crippen molar-refractivity contribution in [2.24, 2.45) is 0 Å². The van der Waals surface area contributed by atoms with Gasteiger partial charge in [-0.05, 0) is 37.1 Å². The number of methoxy groups -OCH3 is 1. The van der Waals surface area contributed by atoms with Crippen LogP contribution < -0.4 is 9.64 Å². The first-order chi connectivity index (χ1) is 16.9. The van der Waals surface area contributed by atoms with Gasteiger partial charge in [-0.3, -0.25) is 19.5 Å². The van der Waals surface area contributed by atoms with Crippen molar-refractivity contribution in [1.29, 1.82) is 0 Å². The third-order valence-corrected chi connectivity index (χ3v) is 6.52. The number of aliphatic hydroxyl groups is 1. The minimum absolute atomic E-state index is 0.108. The number of esters is 1. The van der Waals surface area contributed by atoms with Gasteiger partial charge in [-0.15, -0.1) is 0 Å². The number of anilines is 1. The van der Waals surface area contributed by atoms with E-state index < -0.39 is 23.7 Å². The Hall–Kier alpha value is -4.05. The van der Waals surface area contributed by atoms with Crippen molar-refractivity contribution in [3.63, 3.8) is 0 Å². The number of carbonyl (C=O) groups excluding carboxylic acids is 3. The Morgan fingerprint density at radius 3 is 2.71 bits per heavy atom. The predicted octanol–water partition coefficient (Wildman–Crippen LogP) is 4.05. The quantitative estimate of drug-likeness (QED) is 0.227. The number of nitrogens with zero attached hydrogens (tertiary/aromatic N) is 3. The topological polar surface area (TPSA) is 119 Å². The summed E-state index contributed by atoms with van der Waals surface area (Å²) in [6.07, 6.45) is 3.88. The van der Waals surface area contributed by atoms with Gasteiger partial charge < -0.3 is 14.6 Å². The van der Waals surface area contributed by atoms with Crippen LogP contribution >= 0.6 is 11.3 Å². The van der Waals surface area contributed by atoms with Gasteiger partial charge in [0.25, 0.3) is 5.78 Å². The van der Waals surface area contributed by atoms with E-state index in [4.69, 9.17) is 9.47 Å². The molecule has 1 fully saturated rings. The van der Waals surface area contributed by atoms with Crippen LogP contribution in [0.15, 0.2) is 54.4 Å². The number of thiazole rings is 1. The summed E-state index contributed by atoms with van der Waals surface area (Å²) in [7, 11) is 1.25. The molecule has 0 saturated carbocycles. The number of hydrogen-bond donors (Lipinski definition) is 1. The van der Waals surface area contributed by atoms with Crippen molar-refractivity contribution in [1.82, 2.24) is 9.97 Å². The third kappa shape index (κ3) is 4.52. The first-order valence-electron chi connectivity index (χ1n) is 10.9. The zero-order valence-corrected chi connectivity index (χ0v) is 20.2. The van der Waals surface area contributed by atoms with Crippen LogP contribution in [0.5, 0.6) is 5.75 Å². The minimum Gasteiger partial charge on any atom is -0.507 e. The van der Waals surface area contributed by atoms with Gasteiger partial charge in [-0.1, -0.05) is 36.5 Å². The van der Waals surface area contributed by atoms with Gasteiger partial charge in [0.1, 0.15) is 16.4 Å². The van der Waals surface area contributed by atoms with Gasteiger partial charge in [0, 0.05) is 18.0 Å². The van der Waals surface area contributed by atoms with Crippen LogP contribution in [0.1, 0.15) is 45.9 Å². The number of aryl methyl sites for hydroxylation is 1.